The van der Waals surface area contributed by atoms with E-state index in [1.165, 1.54) is 17.8 Å². The lowest BCUT2D eigenvalue weighted by Crippen LogP contribution is -2.19. The van der Waals surface area contributed by atoms with E-state index in [2.05, 4.69) is 15.3 Å². The Kier molecular flexibility index (Phi) is 6.28. The van der Waals surface area contributed by atoms with Crippen molar-refractivity contribution in [2.24, 2.45) is 7.05 Å². The molecule has 3 rings (SSSR count). The number of thioether (sulfide) groups is 1. The van der Waals surface area contributed by atoms with Crippen molar-refractivity contribution >= 4 is 35.1 Å². The smallest absolute Gasteiger partial charge is 0.340 e. The first kappa shape index (κ1) is 19.4. The molecule has 2 heterocycles. The number of H-pyrrole nitrogens is 1. The maximum atomic E-state index is 12.4. The first-order chi connectivity index (χ1) is 13.5. The number of aromatic nitrogens is 3. The second-order valence-corrected chi connectivity index (χ2v) is 6.73. The molecule has 0 aliphatic heterocycles. The van der Waals surface area contributed by atoms with E-state index in [9.17, 15) is 14.4 Å². The van der Waals surface area contributed by atoms with Gasteiger partial charge in [-0.05, 0) is 24.3 Å². The quantitative estimate of drug-likeness (QED) is 0.343. The second kappa shape index (κ2) is 9.05. The van der Waals surface area contributed by atoms with Gasteiger partial charge in [0.1, 0.15) is 0 Å². The van der Waals surface area contributed by atoms with E-state index in [4.69, 9.17) is 4.74 Å². The number of nitrogens with zero attached hydrogens (tertiary/aromatic N) is 2. The highest BCUT2D eigenvalue weighted by molar-refractivity contribution is 7.99. The summed E-state index contributed by atoms with van der Waals surface area (Å²) in [5.74, 6) is -1.17. The molecule has 0 unspecified atom stereocenters. The number of ketones is 1. The van der Waals surface area contributed by atoms with Crippen LogP contribution in [0.15, 0.2) is 60.1 Å². The van der Waals surface area contributed by atoms with Gasteiger partial charge in [0.2, 0.25) is 11.7 Å². The highest BCUT2D eigenvalue weighted by Crippen LogP contribution is 2.19. The molecular weight excluding hydrogens is 380 g/mol. The first-order valence-corrected chi connectivity index (χ1v) is 9.36. The highest BCUT2D eigenvalue weighted by Gasteiger charge is 2.17. The molecule has 9 heteroatoms. The average molecular weight is 398 g/mol. The van der Waals surface area contributed by atoms with Gasteiger partial charge >= 0.3 is 5.97 Å². The number of aromatic amines is 1. The van der Waals surface area contributed by atoms with Crippen LogP contribution in [0.4, 0.5) is 5.69 Å². The summed E-state index contributed by atoms with van der Waals surface area (Å²) in [6.07, 6.45) is 5.06. The van der Waals surface area contributed by atoms with E-state index in [0.717, 1.165) is 0 Å². The first-order valence-electron chi connectivity index (χ1n) is 8.37. The van der Waals surface area contributed by atoms with Crippen molar-refractivity contribution in [2.45, 2.75) is 5.16 Å². The molecule has 0 spiro atoms. The van der Waals surface area contributed by atoms with E-state index in [1.54, 1.807) is 48.9 Å². The Labute approximate surface area is 165 Å². The molecule has 0 bridgehead atoms. The number of anilines is 1. The monoisotopic (exact) mass is 398 g/mol. The molecule has 0 radical (unpaired) electrons. The van der Waals surface area contributed by atoms with Crippen molar-refractivity contribution in [2.75, 3.05) is 17.7 Å². The predicted octanol–water partition coefficient (Wildman–Crippen LogP) is 2.52. The van der Waals surface area contributed by atoms with Crippen molar-refractivity contribution in [3.63, 3.8) is 0 Å². The summed E-state index contributed by atoms with van der Waals surface area (Å²) >= 11 is 1.28. The van der Waals surface area contributed by atoms with Gasteiger partial charge in [0, 0.05) is 25.6 Å². The van der Waals surface area contributed by atoms with Crippen LogP contribution in [-0.4, -0.2) is 44.6 Å². The van der Waals surface area contributed by atoms with E-state index in [0.29, 0.717) is 16.5 Å². The molecule has 3 aromatic rings. The topological polar surface area (TPSA) is 106 Å². The van der Waals surface area contributed by atoms with Crippen molar-refractivity contribution in [3.05, 3.63) is 66.2 Å². The minimum Gasteiger partial charge on any atom is -0.454 e. The summed E-state index contributed by atoms with van der Waals surface area (Å²) in [5, 5.41) is 3.41. The van der Waals surface area contributed by atoms with Gasteiger partial charge in [-0.2, -0.15) is 0 Å². The van der Waals surface area contributed by atoms with Crippen LogP contribution in [0.25, 0.3) is 0 Å². The molecular formula is C19H18N4O4S. The fraction of sp³-hybridized carbons (Fsp3) is 0.158. The molecule has 2 N–H and O–H groups in total. The second-order valence-electron chi connectivity index (χ2n) is 5.79. The molecule has 144 valence electrons. The van der Waals surface area contributed by atoms with Crippen molar-refractivity contribution < 1.29 is 19.1 Å². The SMILES string of the molecule is Cn1ccnc1SCC(=O)Nc1ccccc1C(=O)OCC(=O)c1ccc[nH]1. The molecule has 0 aliphatic rings. The Morgan fingerprint density at radius 3 is 2.75 bits per heavy atom. The zero-order valence-electron chi connectivity index (χ0n) is 15.0. The lowest BCUT2D eigenvalue weighted by Gasteiger charge is -2.10. The van der Waals surface area contributed by atoms with E-state index in [-0.39, 0.29) is 23.0 Å². The third-order valence-electron chi connectivity index (χ3n) is 3.76. The summed E-state index contributed by atoms with van der Waals surface area (Å²) in [7, 11) is 1.84. The predicted molar refractivity (Wildman–Crippen MR) is 104 cm³/mol. The molecule has 0 fully saturated rings. The van der Waals surface area contributed by atoms with E-state index < -0.39 is 12.6 Å². The van der Waals surface area contributed by atoms with E-state index in [1.807, 2.05) is 11.6 Å². The van der Waals surface area contributed by atoms with Crippen molar-refractivity contribution in [1.82, 2.24) is 14.5 Å². The van der Waals surface area contributed by atoms with Gasteiger partial charge in [0.15, 0.2) is 11.8 Å². The lowest BCUT2D eigenvalue weighted by molar-refractivity contribution is -0.113. The number of ether oxygens (including phenoxy) is 1. The Hall–Kier alpha value is -3.33. The number of amides is 1. The molecule has 0 saturated carbocycles. The van der Waals surface area contributed by atoms with Gasteiger partial charge < -0.3 is 19.6 Å². The minimum absolute atomic E-state index is 0.138. The number of nitrogens with one attached hydrogen (secondary N) is 2. The number of benzene rings is 1. The normalized spacial score (nSPS) is 10.5. The molecule has 0 atom stereocenters. The molecule has 28 heavy (non-hydrogen) atoms. The number of carbonyl (C=O) groups excluding carboxylic acids is 3. The van der Waals surface area contributed by atoms with Gasteiger partial charge in [-0.15, -0.1) is 0 Å². The number of Topliss-reactive ketones (excluding diaryl/α,β-unsaturated/α-hetero) is 1. The third-order valence-corrected chi connectivity index (χ3v) is 4.82. The molecule has 1 aromatic carbocycles. The van der Waals surface area contributed by atoms with Crippen LogP contribution >= 0.6 is 11.8 Å². The Morgan fingerprint density at radius 2 is 2.04 bits per heavy atom. The van der Waals surface area contributed by atoms with Crippen molar-refractivity contribution in [1.29, 1.82) is 0 Å². The lowest BCUT2D eigenvalue weighted by atomic mass is 10.2. The summed E-state index contributed by atoms with van der Waals surface area (Å²) < 4.78 is 6.90. The van der Waals surface area contributed by atoms with Crippen LogP contribution in [0.5, 0.6) is 0 Å². The van der Waals surface area contributed by atoms with Crippen LogP contribution in [0.3, 0.4) is 0 Å². The van der Waals surface area contributed by atoms with Gasteiger partial charge in [0.25, 0.3) is 0 Å². The van der Waals surface area contributed by atoms with Crippen LogP contribution in [-0.2, 0) is 16.6 Å². The number of rotatable bonds is 8. The number of para-hydroxylation sites is 1. The standard InChI is InChI=1S/C19H18N4O4S/c1-23-10-9-21-19(23)28-12-17(25)22-14-6-3-2-5-13(14)18(26)27-11-16(24)15-7-4-8-20-15/h2-10,20H,11-12H2,1H3,(H,22,25). The molecule has 1 amide bonds. The molecule has 0 saturated heterocycles. The highest BCUT2D eigenvalue weighted by atomic mass is 32.2. The van der Waals surface area contributed by atoms with Gasteiger partial charge in [-0.1, -0.05) is 23.9 Å². The Morgan fingerprint density at radius 1 is 1.21 bits per heavy atom. The van der Waals surface area contributed by atoms with Gasteiger partial charge in [0.05, 0.1) is 22.7 Å². The van der Waals surface area contributed by atoms with E-state index >= 15 is 0 Å². The number of esters is 1. The Bertz CT molecular complexity index is 982. The fourth-order valence-electron chi connectivity index (χ4n) is 2.37. The van der Waals surface area contributed by atoms with Gasteiger partial charge in [-0.25, -0.2) is 9.78 Å². The minimum atomic E-state index is -0.687. The summed E-state index contributed by atoms with van der Waals surface area (Å²) in [5.41, 5.74) is 0.864. The molecule has 8 nitrogen and oxygen atoms in total. The Balaban J connectivity index is 1.58. The zero-order valence-corrected chi connectivity index (χ0v) is 15.9. The molecule has 2 aromatic heterocycles. The van der Waals surface area contributed by atoms with Crippen molar-refractivity contribution in [3.8, 4) is 0 Å². The van der Waals surface area contributed by atoms with Gasteiger partial charge in [-0.3, -0.25) is 9.59 Å². The number of imidazole rings is 1. The summed E-state index contributed by atoms with van der Waals surface area (Å²) in [6.45, 7) is -0.392. The van der Waals surface area contributed by atoms with Crippen LogP contribution in [0, 0.1) is 0 Å². The van der Waals surface area contributed by atoms with Crippen LogP contribution < -0.4 is 5.32 Å². The number of hydrogen-bond acceptors (Lipinski definition) is 6. The maximum absolute atomic E-state index is 12.4. The largest absolute Gasteiger partial charge is 0.454 e. The maximum Gasteiger partial charge on any atom is 0.340 e. The fourth-order valence-corrected chi connectivity index (χ4v) is 3.10. The third kappa shape index (κ3) is 4.89. The number of aryl methyl sites for hydroxylation is 1. The number of hydrogen-bond donors (Lipinski definition) is 2. The molecule has 0 aliphatic carbocycles. The van der Waals surface area contributed by atoms with Crippen LogP contribution in [0.1, 0.15) is 20.8 Å². The number of carbonyl (C=O) groups is 3. The van der Waals surface area contributed by atoms with Crippen LogP contribution in [0.2, 0.25) is 0 Å². The zero-order chi connectivity index (χ0) is 19.9. The summed E-state index contributed by atoms with van der Waals surface area (Å²) in [4.78, 5) is 43.4. The average Bonchev–Trinajstić information content (AvgIpc) is 3.36. The summed E-state index contributed by atoms with van der Waals surface area (Å²) in [6, 6.07) is 9.77.